The van der Waals surface area contributed by atoms with Gasteiger partial charge >= 0.3 is 0 Å². The Bertz CT molecular complexity index is 402. The number of unbranched alkanes of at least 4 members (excludes halogenated alkanes) is 1. The van der Waals surface area contributed by atoms with Gasteiger partial charge in [0, 0.05) is 24.1 Å². The van der Waals surface area contributed by atoms with Gasteiger partial charge in [0.05, 0.1) is 0 Å². The first-order chi connectivity index (χ1) is 8.36. The Morgan fingerprint density at radius 2 is 1.89 bits per heavy atom. The number of hydrogen-bond acceptors (Lipinski definition) is 4. The smallest absolute Gasteiger partial charge is 0.137 e. The number of hydrogen-bond donors (Lipinski definition) is 2. The minimum Gasteiger partial charge on any atom is -0.396 e. The molecule has 0 aliphatic carbocycles. The molecule has 102 valence electrons. The molecule has 5 heteroatoms. The van der Waals surface area contributed by atoms with E-state index in [4.69, 9.17) is 16.7 Å². The molecule has 0 bridgehead atoms. The second kappa shape index (κ2) is 6.34. The average Bonchev–Trinajstić information content (AvgIpc) is 2.28. The monoisotopic (exact) mass is 271 g/mol. The lowest BCUT2D eigenvalue weighted by Crippen LogP contribution is -2.18. The summed E-state index contributed by atoms with van der Waals surface area (Å²) < 4.78 is 0. The predicted octanol–water partition coefficient (Wildman–Crippen LogP) is 2.92. The van der Waals surface area contributed by atoms with E-state index in [-0.39, 0.29) is 12.0 Å². The van der Waals surface area contributed by atoms with Crippen LogP contribution in [0.1, 0.15) is 45.0 Å². The molecule has 0 saturated carbocycles. The Morgan fingerprint density at radius 3 is 2.44 bits per heavy atom. The van der Waals surface area contributed by atoms with Crippen molar-refractivity contribution in [3.63, 3.8) is 0 Å². The Labute approximate surface area is 114 Å². The minimum absolute atomic E-state index is 0.126. The van der Waals surface area contributed by atoms with E-state index < -0.39 is 0 Å². The van der Waals surface area contributed by atoms with Crippen LogP contribution in [0.3, 0.4) is 0 Å². The van der Waals surface area contributed by atoms with Gasteiger partial charge in [-0.25, -0.2) is 9.97 Å². The second-order valence-electron chi connectivity index (χ2n) is 5.42. The van der Waals surface area contributed by atoms with Crippen molar-refractivity contribution >= 4 is 17.4 Å². The molecule has 0 aliphatic heterocycles. The third-order valence-corrected chi connectivity index (χ3v) is 3.00. The van der Waals surface area contributed by atoms with Gasteiger partial charge in [-0.3, -0.25) is 0 Å². The highest BCUT2D eigenvalue weighted by atomic mass is 35.5. The Balaban J connectivity index is 2.86. The van der Waals surface area contributed by atoms with E-state index >= 15 is 0 Å². The Kier molecular flexibility index (Phi) is 5.35. The van der Waals surface area contributed by atoms with Crippen molar-refractivity contribution in [2.45, 2.75) is 46.0 Å². The maximum absolute atomic E-state index is 8.74. The van der Waals surface area contributed by atoms with Crippen molar-refractivity contribution in [1.29, 1.82) is 0 Å². The summed E-state index contributed by atoms with van der Waals surface area (Å²) in [7, 11) is 0. The lowest BCUT2D eigenvalue weighted by Gasteiger charge is -2.19. The van der Waals surface area contributed by atoms with E-state index in [1.807, 2.05) is 6.92 Å². The molecule has 1 heterocycles. The van der Waals surface area contributed by atoms with Crippen LogP contribution >= 0.6 is 11.6 Å². The number of aromatic nitrogens is 2. The molecule has 1 aromatic rings. The third-order valence-electron chi connectivity index (χ3n) is 2.63. The number of rotatable bonds is 5. The van der Waals surface area contributed by atoms with Crippen LogP contribution in [0.4, 0.5) is 5.82 Å². The van der Waals surface area contributed by atoms with Crippen molar-refractivity contribution < 1.29 is 5.11 Å². The van der Waals surface area contributed by atoms with Crippen LogP contribution in [0.2, 0.25) is 5.15 Å². The molecule has 0 radical (unpaired) electrons. The predicted molar refractivity (Wildman–Crippen MR) is 75.3 cm³/mol. The topological polar surface area (TPSA) is 58.0 Å². The summed E-state index contributed by atoms with van der Waals surface area (Å²) in [4.78, 5) is 8.86. The Morgan fingerprint density at radius 1 is 1.22 bits per heavy atom. The van der Waals surface area contributed by atoms with Gasteiger partial charge < -0.3 is 10.4 Å². The molecule has 1 aromatic heterocycles. The average molecular weight is 272 g/mol. The van der Waals surface area contributed by atoms with E-state index in [2.05, 4.69) is 36.1 Å². The number of halogens is 1. The zero-order valence-electron chi connectivity index (χ0n) is 11.5. The van der Waals surface area contributed by atoms with Gasteiger partial charge in [0.2, 0.25) is 0 Å². The first kappa shape index (κ1) is 15.2. The van der Waals surface area contributed by atoms with Crippen LogP contribution in [0.5, 0.6) is 0 Å². The number of nitrogens with zero attached hydrogens (tertiary/aromatic N) is 2. The van der Waals surface area contributed by atoms with Crippen LogP contribution in [-0.4, -0.2) is 28.2 Å². The van der Waals surface area contributed by atoms with Gasteiger partial charge in [-0.05, 0) is 19.8 Å². The maximum Gasteiger partial charge on any atom is 0.137 e. The van der Waals surface area contributed by atoms with Gasteiger partial charge in [-0.2, -0.15) is 0 Å². The first-order valence-electron chi connectivity index (χ1n) is 6.25. The van der Waals surface area contributed by atoms with E-state index in [0.29, 0.717) is 5.15 Å². The zero-order valence-corrected chi connectivity index (χ0v) is 12.3. The highest BCUT2D eigenvalue weighted by molar-refractivity contribution is 6.30. The summed E-state index contributed by atoms with van der Waals surface area (Å²) in [6.45, 7) is 9.08. The van der Waals surface area contributed by atoms with Crippen LogP contribution < -0.4 is 5.32 Å². The molecule has 4 nitrogen and oxygen atoms in total. The molecule has 0 aliphatic rings. The largest absolute Gasteiger partial charge is 0.396 e. The highest BCUT2D eigenvalue weighted by Crippen LogP contribution is 2.25. The summed E-state index contributed by atoms with van der Waals surface area (Å²) in [6.07, 6.45) is 1.69. The molecule has 18 heavy (non-hydrogen) atoms. The molecule has 2 N–H and O–H groups in total. The molecule has 0 fully saturated rings. The van der Waals surface area contributed by atoms with Gasteiger partial charge in [0.15, 0.2) is 0 Å². The molecule has 0 spiro atoms. The molecule has 0 saturated heterocycles. The standard InChI is InChI=1S/C13H22ClN3O/c1-9-10(14)16-12(13(2,3)4)17-11(9)15-7-5-6-8-18/h18H,5-8H2,1-4H3,(H,15,16,17). The maximum atomic E-state index is 8.74. The van der Waals surface area contributed by atoms with Gasteiger partial charge in [-0.1, -0.05) is 32.4 Å². The normalized spacial score (nSPS) is 11.7. The van der Waals surface area contributed by atoms with Crippen molar-refractivity contribution in [2.24, 2.45) is 0 Å². The summed E-state index contributed by atoms with van der Waals surface area (Å²) in [5.41, 5.74) is 0.743. The minimum atomic E-state index is -0.126. The van der Waals surface area contributed by atoms with Gasteiger partial charge in [0.1, 0.15) is 16.8 Å². The SMILES string of the molecule is Cc1c(Cl)nc(C(C)(C)C)nc1NCCCCO. The molecule has 0 atom stereocenters. The highest BCUT2D eigenvalue weighted by Gasteiger charge is 2.20. The summed E-state index contributed by atoms with van der Waals surface area (Å²) >= 11 is 6.13. The summed E-state index contributed by atoms with van der Waals surface area (Å²) in [5.74, 6) is 1.53. The summed E-state index contributed by atoms with van der Waals surface area (Å²) in [5, 5.41) is 12.5. The fraction of sp³-hybridized carbons (Fsp3) is 0.692. The van der Waals surface area contributed by atoms with Crippen LogP contribution in [-0.2, 0) is 5.41 Å². The first-order valence-corrected chi connectivity index (χ1v) is 6.63. The molecule has 0 unspecified atom stereocenters. The van der Waals surface area contributed by atoms with E-state index in [1.165, 1.54) is 0 Å². The number of aliphatic hydroxyl groups is 1. The number of aliphatic hydroxyl groups excluding tert-OH is 1. The van der Waals surface area contributed by atoms with Gasteiger partial charge in [-0.15, -0.1) is 0 Å². The Hall–Kier alpha value is -0.870. The fourth-order valence-corrected chi connectivity index (χ4v) is 1.61. The molecular formula is C13H22ClN3O. The summed E-state index contributed by atoms with van der Waals surface area (Å²) in [6, 6.07) is 0. The zero-order chi connectivity index (χ0) is 13.8. The number of nitrogens with one attached hydrogen (secondary N) is 1. The molecule has 1 rings (SSSR count). The van der Waals surface area contributed by atoms with Gasteiger partial charge in [0.25, 0.3) is 0 Å². The van der Waals surface area contributed by atoms with Crippen LogP contribution in [0.15, 0.2) is 0 Å². The fourth-order valence-electron chi connectivity index (χ4n) is 1.44. The lowest BCUT2D eigenvalue weighted by atomic mass is 9.95. The molecule has 0 amide bonds. The van der Waals surface area contributed by atoms with Crippen molar-refractivity contribution in [3.8, 4) is 0 Å². The third kappa shape index (κ3) is 4.10. The number of anilines is 1. The second-order valence-corrected chi connectivity index (χ2v) is 5.78. The quantitative estimate of drug-likeness (QED) is 0.639. The van der Waals surface area contributed by atoms with Crippen molar-refractivity contribution in [3.05, 3.63) is 16.5 Å². The van der Waals surface area contributed by atoms with Crippen molar-refractivity contribution in [2.75, 3.05) is 18.5 Å². The van der Waals surface area contributed by atoms with E-state index in [9.17, 15) is 0 Å². The van der Waals surface area contributed by atoms with E-state index in [0.717, 1.165) is 36.6 Å². The van der Waals surface area contributed by atoms with Crippen LogP contribution in [0.25, 0.3) is 0 Å². The van der Waals surface area contributed by atoms with E-state index in [1.54, 1.807) is 0 Å². The molecular weight excluding hydrogens is 250 g/mol. The van der Waals surface area contributed by atoms with Crippen LogP contribution in [0, 0.1) is 6.92 Å². The molecule has 0 aromatic carbocycles. The lowest BCUT2D eigenvalue weighted by molar-refractivity contribution is 0.286. The van der Waals surface area contributed by atoms with Crippen molar-refractivity contribution in [1.82, 2.24) is 9.97 Å².